The zero-order chi connectivity index (χ0) is 9.68. The number of hydrogen-bond donors (Lipinski definition) is 2. The van der Waals surface area contributed by atoms with Crippen LogP contribution in [0.15, 0.2) is 6.20 Å². The molecule has 0 radical (unpaired) electrons. The number of H-pyrrole nitrogens is 1. The highest BCUT2D eigenvalue weighted by molar-refractivity contribution is 5.25. The average molecular weight is 181 g/mol. The Hall–Kier alpha value is -0.990. The second-order valence-electron chi connectivity index (χ2n) is 3.48. The molecule has 13 heavy (non-hydrogen) atoms. The Kier molecular flexibility index (Phi) is 3.80. The van der Waals surface area contributed by atoms with Crippen molar-refractivity contribution in [1.29, 1.82) is 0 Å². The van der Waals surface area contributed by atoms with E-state index in [2.05, 4.69) is 29.1 Å². The Bertz CT molecular complexity index is 238. The van der Waals surface area contributed by atoms with Crippen LogP contribution in [0.25, 0.3) is 0 Å². The van der Waals surface area contributed by atoms with E-state index in [1.807, 2.05) is 13.1 Å². The van der Waals surface area contributed by atoms with Gasteiger partial charge in [0.25, 0.3) is 0 Å². The SMILES string of the molecule is CCC(CC)CNc1ncc(C)[nH]1. The molecule has 1 aromatic rings. The molecule has 0 spiro atoms. The van der Waals surface area contributed by atoms with Crippen LogP contribution in [0.5, 0.6) is 0 Å². The van der Waals surface area contributed by atoms with Gasteiger partial charge in [-0.15, -0.1) is 0 Å². The molecular formula is C10H19N3. The third kappa shape index (κ3) is 3.09. The minimum Gasteiger partial charge on any atom is -0.356 e. The number of anilines is 1. The molecular weight excluding hydrogens is 162 g/mol. The van der Waals surface area contributed by atoms with Crippen molar-refractivity contribution in [2.24, 2.45) is 5.92 Å². The van der Waals surface area contributed by atoms with E-state index in [-0.39, 0.29) is 0 Å². The summed E-state index contributed by atoms with van der Waals surface area (Å²) in [5, 5.41) is 3.30. The van der Waals surface area contributed by atoms with Crippen LogP contribution in [0.4, 0.5) is 5.95 Å². The molecule has 0 bridgehead atoms. The summed E-state index contributed by atoms with van der Waals surface area (Å²) in [7, 11) is 0. The lowest BCUT2D eigenvalue weighted by Gasteiger charge is -2.12. The van der Waals surface area contributed by atoms with E-state index in [0.29, 0.717) is 0 Å². The lowest BCUT2D eigenvalue weighted by atomic mass is 10.0. The number of aromatic amines is 1. The molecule has 1 heterocycles. The van der Waals surface area contributed by atoms with Gasteiger partial charge in [-0.2, -0.15) is 0 Å². The predicted octanol–water partition coefficient (Wildman–Crippen LogP) is 2.57. The van der Waals surface area contributed by atoms with Gasteiger partial charge in [-0.1, -0.05) is 26.7 Å². The zero-order valence-corrected chi connectivity index (χ0v) is 8.72. The van der Waals surface area contributed by atoms with Gasteiger partial charge in [0.2, 0.25) is 0 Å². The Morgan fingerprint density at radius 2 is 2.15 bits per heavy atom. The molecule has 74 valence electrons. The number of aryl methyl sites for hydroxylation is 1. The van der Waals surface area contributed by atoms with Crippen LogP contribution in [-0.4, -0.2) is 16.5 Å². The van der Waals surface area contributed by atoms with E-state index in [4.69, 9.17) is 0 Å². The summed E-state index contributed by atoms with van der Waals surface area (Å²) in [5.41, 5.74) is 1.10. The number of hydrogen-bond acceptors (Lipinski definition) is 2. The minimum absolute atomic E-state index is 0.755. The normalized spacial score (nSPS) is 10.8. The highest BCUT2D eigenvalue weighted by Crippen LogP contribution is 2.08. The number of imidazole rings is 1. The molecule has 0 unspecified atom stereocenters. The Labute approximate surface area is 80.0 Å². The van der Waals surface area contributed by atoms with Crippen molar-refractivity contribution >= 4 is 5.95 Å². The lowest BCUT2D eigenvalue weighted by molar-refractivity contribution is 0.518. The monoisotopic (exact) mass is 181 g/mol. The van der Waals surface area contributed by atoms with Crippen LogP contribution in [0.2, 0.25) is 0 Å². The molecule has 0 saturated heterocycles. The first kappa shape index (κ1) is 10.1. The molecule has 0 aliphatic rings. The first-order chi connectivity index (χ1) is 6.26. The summed E-state index contributed by atoms with van der Waals surface area (Å²) < 4.78 is 0. The molecule has 0 aliphatic carbocycles. The van der Waals surface area contributed by atoms with E-state index >= 15 is 0 Å². The fourth-order valence-corrected chi connectivity index (χ4v) is 1.32. The van der Waals surface area contributed by atoms with E-state index in [9.17, 15) is 0 Å². The molecule has 0 aliphatic heterocycles. The van der Waals surface area contributed by atoms with E-state index < -0.39 is 0 Å². The van der Waals surface area contributed by atoms with Crippen LogP contribution in [0.3, 0.4) is 0 Å². The van der Waals surface area contributed by atoms with Gasteiger partial charge in [0.1, 0.15) is 0 Å². The summed E-state index contributed by atoms with van der Waals surface area (Å²) in [6.45, 7) is 7.47. The Morgan fingerprint density at radius 1 is 1.46 bits per heavy atom. The molecule has 0 atom stereocenters. The van der Waals surface area contributed by atoms with Gasteiger partial charge in [0.05, 0.1) is 0 Å². The largest absolute Gasteiger partial charge is 0.356 e. The standard InChI is InChI=1S/C10H19N3/c1-4-9(5-2)7-12-10-11-6-8(3)13-10/h6,9H,4-5,7H2,1-3H3,(H2,11,12,13). The van der Waals surface area contributed by atoms with Crippen molar-refractivity contribution in [2.45, 2.75) is 33.6 Å². The summed E-state index contributed by atoms with van der Waals surface area (Å²) in [6.07, 6.45) is 4.29. The molecule has 3 nitrogen and oxygen atoms in total. The van der Waals surface area contributed by atoms with Crippen molar-refractivity contribution in [1.82, 2.24) is 9.97 Å². The number of rotatable bonds is 5. The smallest absolute Gasteiger partial charge is 0.200 e. The average Bonchev–Trinajstić information content (AvgIpc) is 2.53. The van der Waals surface area contributed by atoms with Gasteiger partial charge in [0, 0.05) is 18.4 Å². The molecule has 2 N–H and O–H groups in total. The fourth-order valence-electron chi connectivity index (χ4n) is 1.32. The third-order valence-electron chi connectivity index (χ3n) is 2.42. The summed E-state index contributed by atoms with van der Waals surface area (Å²) in [6, 6.07) is 0. The zero-order valence-electron chi connectivity index (χ0n) is 8.72. The van der Waals surface area contributed by atoms with Gasteiger partial charge < -0.3 is 10.3 Å². The van der Waals surface area contributed by atoms with Crippen molar-refractivity contribution in [3.05, 3.63) is 11.9 Å². The van der Waals surface area contributed by atoms with Crippen molar-refractivity contribution in [2.75, 3.05) is 11.9 Å². The van der Waals surface area contributed by atoms with Gasteiger partial charge >= 0.3 is 0 Å². The molecule has 0 fully saturated rings. The Morgan fingerprint density at radius 3 is 2.62 bits per heavy atom. The first-order valence-corrected chi connectivity index (χ1v) is 5.01. The van der Waals surface area contributed by atoms with Crippen molar-refractivity contribution in [3.63, 3.8) is 0 Å². The topological polar surface area (TPSA) is 40.7 Å². The summed E-state index contributed by atoms with van der Waals surface area (Å²) >= 11 is 0. The molecule has 1 rings (SSSR count). The third-order valence-corrected chi connectivity index (χ3v) is 2.42. The second kappa shape index (κ2) is 4.90. The van der Waals surface area contributed by atoms with Crippen LogP contribution < -0.4 is 5.32 Å². The van der Waals surface area contributed by atoms with Crippen LogP contribution >= 0.6 is 0 Å². The fraction of sp³-hybridized carbons (Fsp3) is 0.700. The summed E-state index contributed by atoms with van der Waals surface area (Å²) in [5.74, 6) is 1.65. The summed E-state index contributed by atoms with van der Waals surface area (Å²) in [4.78, 5) is 7.35. The number of nitrogens with zero attached hydrogens (tertiary/aromatic N) is 1. The number of nitrogens with one attached hydrogen (secondary N) is 2. The van der Waals surface area contributed by atoms with E-state index in [0.717, 1.165) is 24.1 Å². The quantitative estimate of drug-likeness (QED) is 0.733. The van der Waals surface area contributed by atoms with Gasteiger partial charge in [-0.05, 0) is 12.8 Å². The van der Waals surface area contributed by atoms with Crippen LogP contribution in [0, 0.1) is 12.8 Å². The van der Waals surface area contributed by atoms with E-state index in [1.54, 1.807) is 0 Å². The number of aromatic nitrogens is 2. The van der Waals surface area contributed by atoms with Gasteiger partial charge in [-0.3, -0.25) is 0 Å². The molecule has 0 amide bonds. The lowest BCUT2D eigenvalue weighted by Crippen LogP contribution is -2.13. The van der Waals surface area contributed by atoms with E-state index in [1.165, 1.54) is 12.8 Å². The highest BCUT2D eigenvalue weighted by Gasteiger charge is 2.03. The molecule has 1 aromatic heterocycles. The molecule has 0 aromatic carbocycles. The molecule has 0 saturated carbocycles. The second-order valence-corrected chi connectivity index (χ2v) is 3.48. The maximum Gasteiger partial charge on any atom is 0.200 e. The van der Waals surface area contributed by atoms with Crippen molar-refractivity contribution in [3.8, 4) is 0 Å². The molecule has 3 heteroatoms. The Balaban J connectivity index is 2.33. The van der Waals surface area contributed by atoms with Crippen LogP contribution in [-0.2, 0) is 0 Å². The first-order valence-electron chi connectivity index (χ1n) is 5.01. The van der Waals surface area contributed by atoms with Crippen LogP contribution in [0.1, 0.15) is 32.4 Å². The van der Waals surface area contributed by atoms with Gasteiger partial charge in [0.15, 0.2) is 5.95 Å². The maximum atomic E-state index is 4.19. The van der Waals surface area contributed by atoms with Crippen molar-refractivity contribution < 1.29 is 0 Å². The predicted molar refractivity (Wildman–Crippen MR) is 55.9 cm³/mol. The van der Waals surface area contributed by atoms with Gasteiger partial charge in [-0.25, -0.2) is 4.98 Å². The highest BCUT2D eigenvalue weighted by atomic mass is 15.1. The maximum absolute atomic E-state index is 4.19. The minimum atomic E-state index is 0.755.